The maximum Gasteiger partial charge on any atom is 0.411 e. The molecular formula is C23H18N2O5. The number of aromatic nitrogens is 1. The van der Waals surface area contributed by atoms with Crippen LogP contribution in [0.3, 0.4) is 0 Å². The Morgan fingerprint density at radius 2 is 1.87 bits per heavy atom. The van der Waals surface area contributed by atoms with Gasteiger partial charge >= 0.3 is 6.09 Å². The number of ketones is 1. The first kappa shape index (κ1) is 19.2. The van der Waals surface area contributed by atoms with Crippen LogP contribution in [-0.4, -0.2) is 31.1 Å². The molecule has 150 valence electrons. The van der Waals surface area contributed by atoms with Crippen molar-refractivity contribution >= 4 is 28.5 Å². The number of furan rings is 1. The Hall–Kier alpha value is -4.13. The van der Waals surface area contributed by atoms with Gasteiger partial charge in [-0.3, -0.25) is 10.1 Å². The van der Waals surface area contributed by atoms with Crippen LogP contribution in [0.5, 0.6) is 5.88 Å². The fraction of sp³-hybridized carbons (Fsp3) is 0.0870. The number of methoxy groups -OCH3 is 2. The Bertz CT molecular complexity index is 1250. The van der Waals surface area contributed by atoms with Gasteiger partial charge in [-0.1, -0.05) is 12.1 Å². The van der Waals surface area contributed by atoms with Crippen molar-refractivity contribution in [2.24, 2.45) is 0 Å². The molecule has 0 aliphatic heterocycles. The molecule has 1 amide bonds. The number of anilines is 1. The van der Waals surface area contributed by atoms with Gasteiger partial charge in [-0.2, -0.15) is 0 Å². The smallest absolute Gasteiger partial charge is 0.411 e. The number of benzene rings is 2. The third-order valence-electron chi connectivity index (χ3n) is 4.64. The summed E-state index contributed by atoms with van der Waals surface area (Å²) in [6.45, 7) is 0. The highest BCUT2D eigenvalue weighted by Gasteiger charge is 2.16. The van der Waals surface area contributed by atoms with Crippen molar-refractivity contribution in [3.8, 4) is 17.0 Å². The molecule has 4 aromatic rings. The van der Waals surface area contributed by atoms with Crippen LogP contribution in [0.15, 0.2) is 71.5 Å². The van der Waals surface area contributed by atoms with Gasteiger partial charge in [0.2, 0.25) is 5.88 Å². The van der Waals surface area contributed by atoms with Gasteiger partial charge < -0.3 is 13.9 Å². The quantitative estimate of drug-likeness (QED) is 0.477. The van der Waals surface area contributed by atoms with Crippen molar-refractivity contribution in [3.63, 3.8) is 0 Å². The minimum Gasteiger partial charge on any atom is -0.481 e. The van der Waals surface area contributed by atoms with E-state index in [1.807, 2.05) is 24.3 Å². The highest BCUT2D eigenvalue weighted by Crippen LogP contribution is 2.32. The molecule has 0 aliphatic rings. The molecule has 0 atom stereocenters. The first-order chi connectivity index (χ1) is 14.6. The fourth-order valence-corrected chi connectivity index (χ4v) is 3.23. The van der Waals surface area contributed by atoms with Crippen molar-refractivity contribution in [2.75, 3.05) is 19.5 Å². The zero-order valence-electron chi connectivity index (χ0n) is 16.3. The number of nitrogens with zero attached hydrogens (tertiary/aromatic N) is 1. The van der Waals surface area contributed by atoms with E-state index >= 15 is 0 Å². The summed E-state index contributed by atoms with van der Waals surface area (Å²) >= 11 is 0. The average Bonchev–Trinajstić information content (AvgIpc) is 3.27. The fourth-order valence-electron chi connectivity index (χ4n) is 3.23. The second kappa shape index (κ2) is 8.08. The Morgan fingerprint density at radius 3 is 2.67 bits per heavy atom. The van der Waals surface area contributed by atoms with Crippen molar-refractivity contribution in [1.29, 1.82) is 0 Å². The molecule has 30 heavy (non-hydrogen) atoms. The molecule has 1 N–H and O–H groups in total. The summed E-state index contributed by atoms with van der Waals surface area (Å²) in [6.07, 6.45) is 2.49. The number of hydrogen-bond acceptors (Lipinski definition) is 6. The number of hydrogen-bond donors (Lipinski definition) is 1. The summed E-state index contributed by atoms with van der Waals surface area (Å²) in [6, 6.07) is 15.9. The van der Waals surface area contributed by atoms with E-state index in [4.69, 9.17) is 13.9 Å². The van der Waals surface area contributed by atoms with Crippen molar-refractivity contribution in [1.82, 2.24) is 4.98 Å². The molecule has 7 heteroatoms. The molecule has 0 saturated heterocycles. The van der Waals surface area contributed by atoms with E-state index in [1.165, 1.54) is 20.4 Å². The van der Waals surface area contributed by atoms with Gasteiger partial charge in [-0.15, -0.1) is 0 Å². The number of amides is 1. The molecule has 0 unspecified atom stereocenters. The van der Waals surface area contributed by atoms with Gasteiger partial charge in [0, 0.05) is 34.5 Å². The predicted octanol–water partition coefficient (Wildman–Crippen LogP) is 4.91. The molecule has 0 fully saturated rings. The lowest BCUT2D eigenvalue weighted by Gasteiger charge is -2.11. The lowest BCUT2D eigenvalue weighted by molar-refractivity contribution is 0.103. The van der Waals surface area contributed by atoms with Crippen LogP contribution < -0.4 is 10.1 Å². The highest BCUT2D eigenvalue weighted by atomic mass is 16.5. The summed E-state index contributed by atoms with van der Waals surface area (Å²) in [5.74, 6) is 0.109. The average molecular weight is 402 g/mol. The number of fused-ring (bicyclic) bond motifs is 1. The summed E-state index contributed by atoms with van der Waals surface area (Å²) in [5.41, 5.74) is 3.60. The largest absolute Gasteiger partial charge is 0.481 e. The topological polar surface area (TPSA) is 90.7 Å². The Morgan fingerprint density at radius 1 is 1.00 bits per heavy atom. The van der Waals surface area contributed by atoms with Gasteiger partial charge in [-0.05, 0) is 47.5 Å². The third-order valence-corrected chi connectivity index (χ3v) is 4.64. The normalized spacial score (nSPS) is 10.6. The Kier molecular flexibility index (Phi) is 5.17. The molecule has 2 heterocycles. The Labute approximate surface area is 172 Å². The highest BCUT2D eigenvalue weighted by molar-refractivity contribution is 6.11. The number of carbonyl (C=O) groups excluding carboxylic acids is 2. The zero-order chi connectivity index (χ0) is 21.1. The molecule has 2 aromatic heterocycles. The standard InChI is InChI=1S/C23H18N2O5/c1-28-21-13-14(6-8-24-21)22(26)16-10-15(11-17(12-16)25-23(27)29-2)18-4-3-5-20-19(18)7-9-30-20/h3-13H,1-2H3,(H,25,27). The van der Waals surface area contributed by atoms with Crippen molar-refractivity contribution in [2.45, 2.75) is 0 Å². The summed E-state index contributed by atoms with van der Waals surface area (Å²) in [7, 11) is 2.77. The summed E-state index contributed by atoms with van der Waals surface area (Å²) in [5, 5.41) is 3.54. The van der Waals surface area contributed by atoms with Gasteiger partial charge in [0.1, 0.15) is 5.58 Å². The summed E-state index contributed by atoms with van der Waals surface area (Å²) < 4.78 is 15.3. The summed E-state index contributed by atoms with van der Waals surface area (Å²) in [4.78, 5) is 29.0. The lowest BCUT2D eigenvalue weighted by Crippen LogP contribution is -2.12. The van der Waals surface area contributed by atoms with Crippen molar-refractivity contribution in [3.05, 3.63) is 78.2 Å². The lowest BCUT2D eigenvalue weighted by atomic mass is 9.96. The first-order valence-corrected chi connectivity index (χ1v) is 9.10. The molecule has 0 spiro atoms. The van der Waals surface area contributed by atoms with Crippen LogP contribution >= 0.6 is 0 Å². The van der Waals surface area contributed by atoms with Crippen LogP contribution in [0.1, 0.15) is 15.9 Å². The van der Waals surface area contributed by atoms with E-state index in [2.05, 4.69) is 10.3 Å². The molecule has 0 aliphatic carbocycles. The van der Waals surface area contributed by atoms with Crippen LogP contribution in [0.2, 0.25) is 0 Å². The van der Waals surface area contributed by atoms with E-state index in [-0.39, 0.29) is 5.78 Å². The monoisotopic (exact) mass is 402 g/mol. The molecule has 2 aromatic carbocycles. The maximum atomic E-state index is 13.2. The molecule has 0 radical (unpaired) electrons. The van der Waals surface area contributed by atoms with E-state index in [1.54, 1.807) is 36.6 Å². The maximum absolute atomic E-state index is 13.2. The number of nitrogens with one attached hydrogen (secondary N) is 1. The minimum atomic E-state index is -0.627. The zero-order valence-corrected chi connectivity index (χ0v) is 16.3. The van der Waals surface area contributed by atoms with Gasteiger partial charge in [0.05, 0.1) is 20.5 Å². The van der Waals surface area contributed by atoms with Crippen LogP contribution in [0.4, 0.5) is 10.5 Å². The Balaban J connectivity index is 1.84. The predicted molar refractivity (Wildman–Crippen MR) is 112 cm³/mol. The van der Waals surface area contributed by atoms with E-state index in [0.29, 0.717) is 22.7 Å². The number of pyridine rings is 1. The van der Waals surface area contributed by atoms with Crippen LogP contribution in [-0.2, 0) is 4.74 Å². The van der Waals surface area contributed by atoms with E-state index in [0.717, 1.165) is 22.1 Å². The van der Waals surface area contributed by atoms with Crippen molar-refractivity contribution < 1.29 is 23.5 Å². The minimum absolute atomic E-state index is 0.232. The van der Waals surface area contributed by atoms with Crippen LogP contribution in [0, 0.1) is 0 Å². The van der Waals surface area contributed by atoms with E-state index in [9.17, 15) is 9.59 Å². The second-order valence-corrected chi connectivity index (χ2v) is 6.47. The molecule has 7 nitrogen and oxygen atoms in total. The molecular weight excluding hydrogens is 384 g/mol. The third kappa shape index (κ3) is 3.73. The molecule has 0 saturated carbocycles. The van der Waals surface area contributed by atoms with Gasteiger partial charge in [-0.25, -0.2) is 9.78 Å². The van der Waals surface area contributed by atoms with Crippen LogP contribution in [0.25, 0.3) is 22.1 Å². The van der Waals surface area contributed by atoms with Gasteiger partial charge in [0.25, 0.3) is 0 Å². The number of carbonyl (C=O) groups is 2. The van der Waals surface area contributed by atoms with E-state index < -0.39 is 6.09 Å². The molecule has 4 rings (SSSR count). The SMILES string of the molecule is COC(=O)Nc1cc(C(=O)c2ccnc(OC)c2)cc(-c2cccc3occc23)c1. The van der Waals surface area contributed by atoms with Gasteiger partial charge in [0.15, 0.2) is 5.78 Å². The number of ether oxygens (including phenoxy) is 2. The second-order valence-electron chi connectivity index (χ2n) is 6.47. The number of rotatable bonds is 5. The first-order valence-electron chi connectivity index (χ1n) is 9.10. The molecule has 0 bridgehead atoms.